The van der Waals surface area contributed by atoms with Gasteiger partial charge in [-0.15, -0.1) is 0 Å². The van der Waals surface area contributed by atoms with E-state index in [9.17, 15) is 4.39 Å². The highest BCUT2D eigenvalue weighted by atomic mass is 35.5. The maximum absolute atomic E-state index is 15.5. The van der Waals surface area contributed by atoms with Crippen LogP contribution in [0.25, 0.3) is 22.0 Å². The summed E-state index contributed by atoms with van der Waals surface area (Å²) in [7, 11) is 3.56. The Hall–Kier alpha value is -5.42. The van der Waals surface area contributed by atoms with Crippen molar-refractivity contribution in [2.75, 3.05) is 51.2 Å². The first-order valence-corrected chi connectivity index (χ1v) is 28.6. The van der Waals surface area contributed by atoms with E-state index >= 15 is 4.39 Å². The van der Waals surface area contributed by atoms with Crippen LogP contribution in [-0.4, -0.2) is 65.9 Å². The molecular formula is C65H91ClF2N8. The highest BCUT2D eigenvalue weighted by molar-refractivity contribution is 6.33. The summed E-state index contributed by atoms with van der Waals surface area (Å²) in [6.07, 6.45) is 16.2. The fourth-order valence-electron chi connectivity index (χ4n) is 12.7. The smallest absolute Gasteiger partial charge is 0.164 e. The number of rotatable bonds is 15. The number of fused-ring (bicyclic) bond motifs is 2. The Bertz CT molecular complexity index is 2730. The van der Waals surface area contributed by atoms with Crippen molar-refractivity contribution in [2.24, 2.45) is 42.2 Å². The van der Waals surface area contributed by atoms with E-state index in [2.05, 4.69) is 123 Å². The summed E-state index contributed by atoms with van der Waals surface area (Å²) in [5.74, 6) is 4.74. The zero-order chi connectivity index (χ0) is 55.3. The van der Waals surface area contributed by atoms with Gasteiger partial charge in [0.2, 0.25) is 0 Å². The molecule has 2 saturated heterocycles. The Morgan fingerprint density at radius 3 is 2.21 bits per heavy atom. The van der Waals surface area contributed by atoms with Crippen LogP contribution in [0.3, 0.4) is 0 Å². The first-order chi connectivity index (χ1) is 36.5. The monoisotopic (exact) mass is 1060 g/mol. The molecule has 0 spiro atoms. The normalized spacial score (nSPS) is 21.4. The van der Waals surface area contributed by atoms with Gasteiger partial charge in [-0.3, -0.25) is 4.68 Å². The van der Waals surface area contributed by atoms with Crippen molar-refractivity contribution in [1.29, 1.82) is 0 Å². The van der Waals surface area contributed by atoms with E-state index in [1.165, 1.54) is 119 Å². The minimum atomic E-state index is -0.475. The lowest BCUT2D eigenvalue weighted by molar-refractivity contribution is 0.111. The van der Waals surface area contributed by atoms with E-state index in [-0.39, 0.29) is 16.3 Å². The molecule has 3 unspecified atom stereocenters. The summed E-state index contributed by atoms with van der Waals surface area (Å²) in [5.41, 5.74) is 18.6. The van der Waals surface area contributed by atoms with Gasteiger partial charge in [-0.1, -0.05) is 140 Å². The van der Waals surface area contributed by atoms with Crippen molar-refractivity contribution < 1.29 is 8.78 Å². The molecule has 0 amide bonds. The molecule has 1 aromatic heterocycles. The molecule has 8 nitrogen and oxygen atoms in total. The topological polar surface area (TPSA) is 91.6 Å². The van der Waals surface area contributed by atoms with E-state index in [0.717, 1.165) is 65.5 Å². The molecule has 0 bridgehead atoms. The number of aryl methyl sites for hydroxylation is 3. The number of nitrogens with zero attached hydrogens (tertiary/aromatic N) is 5. The van der Waals surface area contributed by atoms with Crippen LogP contribution in [-0.2, 0) is 31.7 Å². The van der Waals surface area contributed by atoms with Gasteiger partial charge < -0.3 is 31.5 Å². The molecule has 3 fully saturated rings. The van der Waals surface area contributed by atoms with Crippen LogP contribution in [0, 0.1) is 42.2 Å². The lowest BCUT2D eigenvalue weighted by atomic mass is 9.79. The summed E-state index contributed by atoms with van der Waals surface area (Å²) < 4.78 is 32.4. The van der Waals surface area contributed by atoms with Crippen LogP contribution >= 0.6 is 11.6 Å². The first kappa shape index (κ1) is 59.8. The van der Waals surface area contributed by atoms with Gasteiger partial charge in [0.1, 0.15) is 17.5 Å². The van der Waals surface area contributed by atoms with E-state index in [4.69, 9.17) is 16.7 Å². The van der Waals surface area contributed by atoms with Crippen molar-refractivity contribution in [3.05, 3.63) is 167 Å². The number of halogens is 3. The van der Waals surface area contributed by atoms with Crippen LogP contribution in [0.5, 0.6) is 0 Å². The Morgan fingerprint density at radius 1 is 0.895 bits per heavy atom. The Balaban J connectivity index is 0.000000240. The van der Waals surface area contributed by atoms with Crippen molar-refractivity contribution in [1.82, 2.24) is 24.9 Å². The van der Waals surface area contributed by atoms with Gasteiger partial charge in [-0.05, 0) is 172 Å². The second kappa shape index (κ2) is 27.8. The summed E-state index contributed by atoms with van der Waals surface area (Å²) >= 11 is 6.48. The number of aromatic nitrogens is 2. The molecule has 76 heavy (non-hydrogen) atoms. The predicted molar refractivity (Wildman–Crippen MR) is 320 cm³/mol. The van der Waals surface area contributed by atoms with Gasteiger partial charge in [-0.2, -0.15) is 5.10 Å². The molecule has 412 valence electrons. The average molecular weight is 1060 g/mol. The first-order valence-electron chi connectivity index (χ1n) is 28.3. The SMILES string of the molecule is C=CN.C=CNC(=C)N(CCC)c1nn(C)c2cc(C3CCN(CC4CCN(C(=C)C5CCC(C)CC5)CC4)CC3C)ccc12.CCCc1ccc(C)c(-c2c(Cl)c(F)cc3c2CC(C)(c2ccccc2)C3)c1F.CN. The lowest BCUT2D eigenvalue weighted by Gasteiger charge is -2.42. The molecule has 0 radical (unpaired) electrons. The van der Waals surface area contributed by atoms with Gasteiger partial charge in [0, 0.05) is 67.4 Å². The Morgan fingerprint density at radius 2 is 1.58 bits per heavy atom. The number of nitrogens with two attached hydrogens (primary N) is 2. The number of benzene rings is 4. The summed E-state index contributed by atoms with van der Waals surface area (Å²) in [5, 5.41) is 9.30. The Kier molecular flexibility index (Phi) is 21.8. The van der Waals surface area contributed by atoms with Crippen LogP contribution in [0.1, 0.15) is 132 Å². The number of likely N-dealkylation sites (tertiary alicyclic amines) is 2. The minimum Gasteiger partial charge on any atom is -0.405 e. The fourth-order valence-corrected chi connectivity index (χ4v) is 13.0. The largest absolute Gasteiger partial charge is 0.405 e. The number of nitrogens with one attached hydrogen (secondary N) is 1. The number of piperidine rings is 2. The quantitative estimate of drug-likeness (QED) is 0.0962. The molecule has 3 heterocycles. The van der Waals surface area contributed by atoms with Crippen LogP contribution in [0.2, 0.25) is 5.02 Å². The number of hydrogen-bond donors (Lipinski definition) is 3. The van der Waals surface area contributed by atoms with E-state index < -0.39 is 5.82 Å². The number of allylic oxidation sites excluding steroid dienone is 1. The molecule has 11 heteroatoms. The van der Waals surface area contributed by atoms with Crippen molar-refractivity contribution in [3.63, 3.8) is 0 Å². The van der Waals surface area contributed by atoms with Crippen LogP contribution in [0.15, 0.2) is 117 Å². The highest BCUT2D eigenvalue weighted by Gasteiger charge is 2.39. The average Bonchev–Trinajstić information content (AvgIpc) is 3.99. The van der Waals surface area contributed by atoms with Crippen LogP contribution in [0.4, 0.5) is 14.6 Å². The molecule has 5 aromatic rings. The van der Waals surface area contributed by atoms with Gasteiger partial charge >= 0.3 is 0 Å². The fraction of sp³-hybridized carbons (Fsp3) is 0.492. The third-order valence-electron chi connectivity index (χ3n) is 16.8. The van der Waals surface area contributed by atoms with Gasteiger partial charge in [0.05, 0.1) is 10.5 Å². The molecule has 5 N–H and O–H groups in total. The predicted octanol–water partition coefficient (Wildman–Crippen LogP) is 14.7. The molecule has 4 aromatic carbocycles. The number of hydrogen-bond acceptors (Lipinski definition) is 7. The molecule has 9 rings (SSSR count). The molecule has 3 atom stereocenters. The van der Waals surface area contributed by atoms with E-state index in [1.807, 2.05) is 48.9 Å². The molecule has 2 aliphatic heterocycles. The second-order valence-corrected chi connectivity index (χ2v) is 22.7. The minimum absolute atomic E-state index is 0.0247. The maximum Gasteiger partial charge on any atom is 0.164 e. The Labute approximate surface area is 461 Å². The van der Waals surface area contributed by atoms with Crippen molar-refractivity contribution >= 4 is 28.3 Å². The van der Waals surface area contributed by atoms with Gasteiger partial charge in [0.25, 0.3) is 0 Å². The number of anilines is 1. The molecule has 1 saturated carbocycles. The van der Waals surface area contributed by atoms with Gasteiger partial charge in [0.15, 0.2) is 5.82 Å². The van der Waals surface area contributed by atoms with E-state index in [0.29, 0.717) is 47.8 Å². The highest BCUT2D eigenvalue weighted by Crippen LogP contribution is 2.48. The standard InChI is InChI=1S/C36H56N6.C26H25ClF2.C2H5N.CH5N/c1-8-19-42(29(6)37-9-2)36-34-15-14-32(23-35(34)39(7)38-36)33-18-20-40(24-27(33)4)25-30-16-21-41(22-17-30)28(5)31-12-10-26(3)11-13-31;1-4-8-17-12-11-16(2)22(25(17)29)23-20-15-26(3,19-9-6-5-7-10-19)14-18(20)13-21(28)24(23)27;1-2-3;1-2/h9,14-15,23,26-27,30-31,33,37H,2,5-6,8,10-13,16-22,24-25H2,1,3-4,7H3;5-7,9-13H,4,8,14-15H2,1-3H3;2H,1,3H2;2H2,1H3. The summed E-state index contributed by atoms with van der Waals surface area (Å²) in [6.45, 7) is 35.8. The molecule has 2 aliphatic carbocycles. The zero-order valence-electron chi connectivity index (χ0n) is 47.5. The molecular weight excluding hydrogens is 966 g/mol. The van der Waals surface area contributed by atoms with E-state index in [1.54, 1.807) is 12.3 Å². The molecule has 4 aliphatic rings. The van der Waals surface area contributed by atoms with Crippen molar-refractivity contribution in [3.8, 4) is 11.1 Å². The summed E-state index contributed by atoms with van der Waals surface area (Å²) in [4.78, 5) is 7.57. The lowest BCUT2D eigenvalue weighted by Crippen LogP contribution is -2.44. The zero-order valence-corrected chi connectivity index (χ0v) is 48.2. The maximum atomic E-state index is 15.5. The van der Waals surface area contributed by atoms with Gasteiger partial charge in [-0.25, -0.2) is 8.78 Å². The van der Waals surface area contributed by atoms with Crippen LogP contribution < -0.4 is 21.7 Å². The summed E-state index contributed by atoms with van der Waals surface area (Å²) in [6, 6.07) is 22.6. The third-order valence-corrected chi connectivity index (χ3v) is 17.2. The van der Waals surface area contributed by atoms with Crippen molar-refractivity contribution in [2.45, 2.75) is 130 Å². The third kappa shape index (κ3) is 13.8. The second-order valence-electron chi connectivity index (χ2n) is 22.4.